The SMILES string of the molecule is NC(=O)C1(c2cccc(F)c2)CCCN1. The van der Waals surface area contributed by atoms with Crippen LogP contribution in [0.2, 0.25) is 0 Å². The molecule has 1 amide bonds. The molecule has 1 atom stereocenters. The first-order valence-electron chi connectivity index (χ1n) is 4.96. The molecule has 4 heteroatoms. The standard InChI is InChI=1S/C11H13FN2O/c12-9-4-1-3-8(7-9)11(10(13)15)5-2-6-14-11/h1,3-4,7,14H,2,5-6H2,(H2,13,15). The van der Waals surface area contributed by atoms with Gasteiger partial charge in [-0.2, -0.15) is 0 Å². The quantitative estimate of drug-likeness (QED) is 0.758. The Labute approximate surface area is 87.5 Å². The third-order valence-electron chi connectivity index (χ3n) is 2.89. The number of hydrogen-bond acceptors (Lipinski definition) is 2. The van der Waals surface area contributed by atoms with Crippen LogP contribution < -0.4 is 11.1 Å². The monoisotopic (exact) mass is 208 g/mol. The molecular formula is C11H13FN2O. The van der Waals surface area contributed by atoms with Crippen LogP contribution >= 0.6 is 0 Å². The topological polar surface area (TPSA) is 55.1 Å². The van der Waals surface area contributed by atoms with Crippen LogP contribution in [0, 0.1) is 5.82 Å². The maximum Gasteiger partial charge on any atom is 0.242 e. The van der Waals surface area contributed by atoms with Crippen LogP contribution in [0.4, 0.5) is 4.39 Å². The second-order valence-electron chi connectivity index (χ2n) is 3.81. The molecule has 0 radical (unpaired) electrons. The third kappa shape index (κ3) is 1.61. The zero-order valence-corrected chi connectivity index (χ0v) is 8.29. The van der Waals surface area contributed by atoms with E-state index in [0.29, 0.717) is 12.0 Å². The molecule has 3 nitrogen and oxygen atoms in total. The Bertz CT molecular complexity index is 386. The van der Waals surface area contributed by atoms with Gasteiger partial charge in [0, 0.05) is 0 Å². The molecule has 15 heavy (non-hydrogen) atoms. The Balaban J connectivity index is 2.45. The van der Waals surface area contributed by atoms with Gasteiger partial charge < -0.3 is 5.73 Å². The Hall–Kier alpha value is -1.42. The summed E-state index contributed by atoms with van der Waals surface area (Å²) in [6, 6.07) is 6.04. The molecule has 0 spiro atoms. The molecule has 80 valence electrons. The van der Waals surface area contributed by atoms with Gasteiger partial charge in [-0.15, -0.1) is 0 Å². The lowest BCUT2D eigenvalue weighted by molar-refractivity contribution is -0.124. The number of nitrogens with one attached hydrogen (secondary N) is 1. The molecule has 1 aromatic carbocycles. The first-order chi connectivity index (χ1) is 7.15. The lowest BCUT2D eigenvalue weighted by Crippen LogP contribution is -2.48. The average Bonchev–Trinajstić information content (AvgIpc) is 2.67. The van der Waals surface area contributed by atoms with Crippen LogP contribution in [0.5, 0.6) is 0 Å². The summed E-state index contributed by atoms with van der Waals surface area (Å²) in [5, 5.41) is 3.07. The highest BCUT2D eigenvalue weighted by atomic mass is 19.1. The zero-order chi connectivity index (χ0) is 10.9. The van der Waals surface area contributed by atoms with E-state index in [-0.39, 0.29) is 5.82 Å². The van der Waals surface area contributed by atoms with Gasteiger partial charge in [-0.1, -0.05) is 12.1 Å². The van der Waals surface area contributed by atoms with Gasteiger partial charge in [-0.05, 0) is 37.1 Å². The molecule has 3 N–H and O–H groups in total. The Morgan fingerprint density at radius 1 is 1.53 bits per heavy atom. The van der Waals surface area contributed by atoms with E-state index in [0.717, 1.165) is 13.0 Å². The van der Waals surface area contributed by atoms with Crippen molar-refractivity contribution in [1.82, 2.24) is 5.32 Å². The van der Waals surface area contributed by atoms with Crippen molar-refractivity contribution in [3.05, 3.63) is 35.6 Å². The van der Waals surface area contributed by atoms with Crippen molar-refractivity contribution in [2.24, 2.45) is 5.73 Å². The molecule has 0 aliphatic carbocycles. The summed E-state index contributed by atoms with van der Waals surface area (Å²) in [7, 11) is 0. The van der Waals surface area contributed by atoms with Crippen LogP contribution in [0.25, 0.3) is 0 Å². The number of carbonyl (C=O) groups excluding carboxylic acids is 1. The number of nitrogens with two attached hydrogens (primary N) is 1. The van der Waals surface area contributed by atoms with Crippen molar-refractivity contribution >= 4 is 5.91 Å². The molecule has 0 saturated carbocycles. The molecule has 0 bridgehead atoms. The molecule has 0 aromatic heterocycles. The molecule has 1 aliphatic rings. The van der Waals surface area contributed by atoms with Gasteiger partial charge in [0.2, 0.25) is 5.91 Å². The van der Waals surface area contributed by atoms with E-state index in [9.17, 15) is 9.18 Å². The highest BCUT2D eigenvalue weighted by Crippen LogP contribution is 2.30. The third-order valence-corrected chi connectivity index (χ3v) is 2.89. The second kappa shape index (κ2) is 3.62. The van der Waals surface area contributed by atoms with Gasteiger partial charge in [0.15, 0.2) is 0 Å². The Kier molecular flexibility index (Phi) is 2.44. The normalized spacial score (nSPS) is 25.4. The number of benzene rings is 1. The number of hydrogen-bond donors (Lipinski definition) is 2. The van der Waals surface area contributed by atoms with E-state index in [1.54, 1.807) is 12.1 Å². The van der Waals surface area contributed by atoms with Crippen LogP contribution in [-0.4, -0.2) is 12.5 Å². The maximum atomic E-state index is 13.1. The van der Waals surface area contributed by atoms with Crippen molar-refractivity contribution in [1.29, 1.82) is 0 Å². The van der Waals surface area contributed by atoms with E-state index in [4.69, 9.17) is 5.73 Å². The molecule has 2 rings (SSSR count). The number of carbonyl (C=O) groups is 1. The molecule has 1 fully saturated rings. The largest absolute Gasteiger partial charge is 0.368 e. The molecule has 1 unspecified atom stereocenters. The molecule has 1 aromatic rings. The van der Waals surface area contributed by atoms with Crippen molar-refractivity contribution in [3.63, 3.8) is 0 Å². The lowest BCUT2D eigenvalue weighted by atomic mass is 9.87. The minimum Gasteiger partial charge on any atom is -0.368 e. The summed E-state index contributed by atoms with van der Waals surface area (Å²) in [5.74, 6) is -0.785. The first-order valence-corrected chi connectivity index (χ1v) is 4.96. The second-order valence-corrected chi connectivity index (χ2v) is 3.81. The maximum absolute atomic E-state index is 13.1. The van der Waals surface area contributed by atoms with E-state index >= 15 is 0 Å². The van der Waals surface area contributed by atoms with Gasteiger partial charge in [-0.3, -0.25) is 10.1 Å². The highest BCUT2D eigenvalue weighted by molar-refractivity contribution is 5.86. The number of amides is 1. The van der Waals surface area contributed by atoms with Gasteiger partial charge in [0.05, 0.1) is 0 Å². The highest BCUT2D eigenvalue weighted by Gasteiger charge is 2.41. The van der Waals surface area contributed by atoms with Crippen molar-refractivity contribution < 1.29 is 9.18 Å². The van der Waals surface area contributed by atoms with Crippen LogP contribution in [0.15, 0.2) is 24.3 Å². The molecule has 1 saturated heterocycles. The minimum absolute atomic E-state index is 0.346. The molecular weight excluding hydrogens is 195 g/mol. The van der Waals surface area contributed by atoms with Gasteiger partial charge in [0.25, 0.3) is 0 Å². The molecule has 1 aliphatic heterocycles. The summed E-state index contributed by atoms with van der Waals surface area (Å²) < 4.78 is 13.1. The van der Waals surface area contributed by atoms with E-state index in [1.165, 1.54) is 12.1 Å². The fraction of sp³-hybridized carbons (Fsp3) is 0.364. The summed E-state index contributed by atoms with van der Waals surface area (Å²) in [6.07, 6.45) is 1.51. The van der Waals surface area contributed by atoms with Crippen LogP contribution in [-0.2, 0) is 10.3 Å². The van der Waals surface area contributed by atoms with Crippen molar-refractivity contribution in [2.45, 2.75) is 18.4 Å². The average molecular weight is 208 g/mol. The Morgan fingerprint density at radius 3 is 2.87 bits per heavy atom. The zero-order valence-electron chi connectivity index (χ0n) is 8.29. The van der Waals surface area contributed by atoms with Crippen LogP contribution in [0.1, 0.15) is 18.4 Å². The van der Waals surface area contributed by atoms with E-state index in [2.05, 4.69) is 5.32 Å². The lowest BCUT2D eigenvalue weighted by Gasteiger charge is -2.26. The van der Waals surface area contributed by atoms with Gasteiger partial charge in [-0.25, -0.2) is 4.39 Å². The van der Waals surface area contributed by atoms with Crippen molar-refractivity contribution in [2.75, 3.05) is 6.54 Å². The fourth-order valence-electron chi connectivity index (χ4n) is 2.10. The summed E-state index contributed by atoms with van der Waals surface area (Å²) >= 11 is 0. The summed E-state index contributed by atoms with van der Waals surface area (Å²) in [4.78, 5) is 11.5. The fourth-order valence-corrected chi connectivity index (χ4v) is 2.10. The minimum atomic E-state index is -0.873. The smallest absolute Gasteiger partial charge is 0.242 e. The molecule has 1 heterocycles. The van der Waals surface area contributed by atoms with Crippen molar-refractivity contribution in [3.8, 4) is 0 Å². The number of primary amides is 1. The number of rotatable bonds is 2. The van der Waals surface area contributed by atoms with E-state index in [1.807, 2.05) is 0 Å². The van der Waals surface area contributed by atoms with E-state index < -0.39 is 11.4 Å². The predicted molar refractivity (Wildman–Crippen MR) is 54.5 cm³/mol. The summed E-state index contributed by atoms with van der Waals surface area (Å²) in [5.41, 5.74) is 5.14. The summed E-state index contributed by atoms with van der Waals surface area (Å²) in [6.45, 7) is 0.736. The number of halogens is 1. The van der Waals surface area contributed by atoms with Gasteiger partial charge in [0.1, 0.15) is 11.4 Å². The van der Waals surface area contributed by atoms with Crippen LogP contribution in [0.3, 0.4) is 0 Å². The van der Waals surface area contributed by atoms with Gasteiger partial charge >= 0.3 is 0 Å². The first kappa shape index (κ1) is 10.1. The Morgan fingerprint density at radius 2 is 2.33 bits per heavy atom. The predicted octanol–water partition coefficient (Wildman–Crippen LogP) is 0.890.